The SMILES string of the molecule is CCOC(=O)CCN(CCc1ccc(OC)c(OC)c1)C(=O)c1cc(Cl)cc(Cl)c1O. The van der Waals surface area contributed by atoms with Gasteiger partial charge in [-0.05, 0) is 43.2 Å². The molecule has 0 saturated carbocycles. The van der Waals surface area contributed by atoms with Gasteiger partial charge in [0.2, 0.25) is 0 Å². The van der Waals surface area contributed by atoms with Crippen molar-refractivity contribution >= 4 is 35.1 Å². The molecule has 0 aliphatic carbocycles. The van der Waals surface area contributed by atoms with Crippen LogP contribution >= 0.6 is 23.2 Å². The average Bonchev–Trinajstić information content (AvgIpc) is 2.75. The van der Waals surface area contributed by atoms with E-state index in [-0.39, 0.29) is 47.5 Å². The van der Waals surface area contributed by atoms with E-state index in [1.165, 1.54) is 17.0 Å². The molecule has 168 valence electrons. The fourth-order valence-corrected chi connectivity index (χ4v) is 3.47. The molecule has 0 saturated heterocycles. The standard InChI is InChI=1S/C22H25Cl2NO6/c1-4-31-20(26)8-10-25(22(28)16-12-15(23)13-17(24)21(16)27)9-7-14-5-6-18(29-2)19(11-14)30-3/h5-6,11-13,27H,4,7-10H2,1-3H3. The van der Waals surface area contributed by atoms with Gasteiger partial charge in [-0.15, -0.1) is 0 Å². The number of hydrogen-bond donors (Lipinski definition) is 1. The number of carbonyl (C=O) groups is 2. The predicted molar refractivity (Wildman–Crippen MR) is 119 cm³/mol. The molecule has 0 aromatic heterocycles. The lowest BCUT2D eigenvalue weighted by molar-refractivity contribution is -0.143. The van der Waals surface area contributed by atoms with Crippen molar-refractivity contribution in [2.45, 2.75) is 19.8 Å². The molecule has 0 aliphatic rings. The minimum Gasteiger partial charge on any atom is -0.506 e. The van der Waals surface area contributed by atoms with Gasteiger partial charge in [-0.2, -0.15) is 0 Å². The van der Waals surface area contributed by atoms with Crippen molar-refractivity contribution in [2.24, 2.45) is 0 Å². The number of carbonyl (C=O) groups excluding carboxylic acids is 2. The third-order valence-electron chi connectivity index (χ3n) is 4.56. The summed E-state index contributed by atoms with van der Waals surface area (Å²) >= 11 is 12.0. The Morgan fingerprint density at radius 3 is 2.39 bits per heavy atom. The maximum absolute atomic E-state index is 13.1. The van der Waals surface area contributed by atoms with Crippen LogP contribution in [0.3, 0.4) is 0 Å². The Morgan fingerprint density at radius 1 is 1.03 bits per heavy atom. The van der Waals surface area contributed by atoms with E-state index in [4.69, 9.17) is 37.4 Å². The van der Waals surface area contributed by atoms with Crippen molar-refractivity contribution in [3.05, 3.63) is 51.5 Å². The Balaban J connectivity index is 2.24. The van der Waals surface area contributed by atoms with Crippen molar-refractivity contribution in [3.63, 3.8) is 0 Å². The van der Waals surface area contributed by atoms with Crippen LogP contribution in [0.2, 0.25) is 10.0 Å². The molecule has 1 N–H and O–H groups in total. The monoisotopic (exact) mass is 469 g/mol. The van der Waals surface area contributed by atoms with Crippen LogP contribution in [0.15, 0.2) is 30.3 Å². The number of halogens is 2. The number of nitrogens with zero attached hydrogens (tertiary/aromatic N) is 1. The summed E-state index contributed by atoms with van der Waals surface area (Å²) in [5, 5.41) is 10.4. The van der Waals surface area contributed by atoms with Gasteiger partial charge in [-0.25, -0.2) is 0 Å². The number of methoxy groups -OCH3 is 2. The minimum absolute atomic E-state index is 0.0145. The van der Waals surface area contributed by atoms with Crippen molar-refractivity contribution in [1.29, 1.82) is 0 Å². The zero-order valence-electron chi connectivity index (χ0n) is 17.6. The summed E-state index contributed by atoms with van der Waals surface area (Å²) in [5.41, 5.74) is 0.869. The first kappa shape index (κ1) is 24.6. The second-order valence-electron chi connectivity index (χ2n) is 6.57. The molecule has 0 radical (unpaired) electrons. The van der Waals surface area contributed by atoms with Crippen LogP contribution in [-0.4, -0.2) is 55.8 Å². The molecule has 0 heterocycles. The molecule has 2 rings (SSSR count). The molecule has 0 atom stereocenters. The predicted octanol–water partition coefficient (Wildman–Crippen LogP) is 4.35. The van der Waals surface area contributed by atoms with Crippen LogP contribution in [0, 0.1) is 0 Å². The van der Waals surface area contributed by atoms with Gasteiger partial charge in [0.25, 0.3) is 5.91 Å². The number of phenols is 1. The smallest absolute Gasteiger partial charge is 0.307 e. The van der Waals surface area contributed by atoms with Crippen LogP contribution in [0.5, 0.6) is 17.2 Å². The molecule has 31 heavy (non-hydrogen) atoms. The Bertz CT molecular complexity index is 934. The third-order valence-corrected chi connectivity index (χ3v) is 5.06. The number of benzene rings is 2. The lowest BCUT2D eigenvalue weighted by Gasteiger charge is -2.23. The topological polar surface area (TPSA) is 85.3 Å². The first-order valence-electron chi connectivity index (χ1n) is 9.64. The molecule has 0 unspecified atom stereocenters. The van der Waals surface area contributed by atoms with Gasteiger partial charge < -0.3 is 24.2 Å². The van der Waals surface area contributed by atoms with Gasteiger partial charge in [0.15, 0.2) is 11.5 Å². The Kier molecular flexibility index (Phi) is 9.27. The third kappa shape index (κ3) is 6.67. The van der Waals surface area contributed by atoms with Crippen LogP contribution in [0.4, 0.5) is 0 Å². The van der Waals surface area contributed by atoms with Crippen molar-refractivity contribution in [2.75, 3.05) is 33.9 Å². The summed E-state index contributed by atoms with van der Waals surface area (Å²) in [6.45, 7) is 2.35. The second kappa shape index (κ2) is 11.7. The summed E-state index contributed by atoms with van der Waals surface area (Å²) in [6.07, 6.45) is 0.491. The van der Waals surface area contributed by atoms with Crippen LogP contribution < -0.4 is 9.47 Å². The van der Waals surface area contributed by atoms with E-state index in [0.29, 0.717) is 17.9 Å². The van der Waals surface area contributed by atoms with E-state index < -0.39 is 11.9 Å². The first-order chi connectivity index (χ1) is 14.8. The Hall–Kier alpha value is -2.64. The second-order valence-corrected chi connectivity index (χ2v) is 7.41. The maximum Gasteiger partial charge on any atom is 0.307 e. The van der Waals surface area contributed by atoms with Crippen molar-refractivity contribution in [3.8, 4) is 17.2 Å². The van der Waals surface area contributed by atoms with Crippen LogP contribution in [-0.2, 0) is 16.0 Å². The van der Waals surface area contributed by atoms with E-state index in [1.54, 1.807) is 27.2 Å². The molecule has 0 aliphatic heterocycles. The Morgan fingerprint density at radius 2 is 1.74 bits per heavy atom. The molecular formula is C22H25Cl2NO6. The zero-order valence-corrected chi connectivity index (χ0v) is 19.1. The summed E-state index contributed by atoms with van der Waals surface area (Å²) in [6, 6.07) is 8.16. The summed E-state index contributed by atoms with van der Waals surface area (Å²) in [7, 11) is 3.10. The van der Waals surface area contributed by atoms with Crippen molar-refractivity contribution in [1.82, 2.24) is 4.90 Å². The van der Waals surface area contributed by atoms with E-state index in [2.05, 4.69) is 0 Å². The van der Waals surface area contributed by atoms with Gasteiger partial charge in [-0.3, -0.25) is 9.59 Å². The zero-order chi connectivity index (χ0) is 23.0. The highest BCUT2D eigenvalue weighted by Crippen LogP contribution is 2.32. The molecule has 0 fully saturated rings. The van der Waals surface area contributed by atoms with Crippen molar-refractivity contribution < 1.29 is 28.9 Å². The molecule has 7 nitrogen and oxygen atoms in total. The quantitative estimate of drug-likeness (QED) is 0.520. The number of aromatic hydroxyl groups is 1. The molecule has 1 amide bonds. The number of esters is 1. The molecular weight excluding hydrogens is 445 g/mol. The summed E-state index contributed by atoms with van der Waals surface area (Å²) < 4.78 is 15.5. The van der Waals surface area contributed by atoms with Gasteiger partial charge in [0.1, 0.15) is 5.75 Å². The lowest BCUT2D eigenvalue weighted by Crippen LogP contribution is -2.35. The van der Waals surface area contributed by atoms with E-state index in [0.717, 1.165) is 5.56 Å². The minimum atomic E-state index is -0.494. The normalized spacial score (nSPS) is 10.5. The molecule has 9 heteroatoms. The van der Waals surface area contributed by atoms with Crippen LogP contribution in [0.1, 0.15) is 29.3 Å². The number of phenolic OH excluding ortho intramolecular Hbond substituents is 1. The summed E-state index contributed by atoms with van der Waals surface area (Å²) in [4.78, 5) is 26.4. The highest BCUT2D eigenvalue weighted by molar-refractivity contribution is 6.36. The molecule has 2 aromatic carbocycles. The molecule has 2 aromatic rings. The highest BCUT2D eigenvalue weighted by Gasteiger charge is 2.22. The van der Waals surface area contributed by atoms with Gasteiger partial charge in [-0.1, -0.05) is 29.3 Å². The number of amides is 1. The van der Waals surface area contributed by atoms with E-state index in [9.17, 15) is 14.7 Å². The van der Waals surface area contributed by atoms with E-state index >= 15 is 0 Å². The molecule has 0 spiro atoms. The maximum atomic E-state index is 13.1. The number of rotatable bonds is 10. The number of hydrogen-bond acceptors (Lipinski definition) is 6. The van der Waals surface area contributed by atoms with E-state index in [1.807, 2.05) is 12.1 Å². The fourth-order valence-electron chi connectivity index (χ4n) is 2.97. The Labute approximate surface area is 191 Å². The average molecular weight is 470 g/mol. The largest absolute Gasteiger partial charge is 0.506 e. The fraction of sp³-hybridized carbons (Fsp3) is 0.364. The first-order valence-corrected chi connectivity index (χ1v) is 10.4. The van der Waals surface area contributed by atoms with Gasteiger partial charge in [0, 0.05) is 18.1 Å². The van der Waals surface area contributed by atoms with Crippen LogP contribution in [0.25, 0.3) is 0 Å². The summed E-state index contributed by atoms with van der Waals surface area (Å²) in [5.74, 6) is -0.0987. The highest BCUT2D eigenvalue weighted by atomic mass is 35.5. The number of ether oxygens (including phenoxy) is 3. The van der Waals surface area contributed by atoms with Gasteiger partial charge >= 0.3 is 5.97 Å². The lowest BCUT2D eigenvalue weighted by atomic mass is 10.1. The molecule has 0 bridgehead atoms. The van der Waals surface area contributed by atoms with Gasteiger partial charge in [0.05, 0.1) is 37.8 Å².